The first-order chi connectivity index (χ1) is 9.13. The fraction of sp³-hybridized carbons (Fsp3) is 0.538. The van der Waals surface area contributed by atoms with Crippen LogP contribution in [-0.2, 0) is 15.9 Å². The Labute approximate surface area is 118 Å². The van der Waals surface area contributed by atoms with Crippen molar-refractivity contribution in [2.45, 2.75) is 32.6 Å². The van der Waals surface area contributed by atoms with Gasteiger partial charge in [-0.25, -0.2) is 4.39 Å². The van der Waals surface area contributed by atoms with Gasteiger partial charge in [-0.1, -0.05) is 17.7 Å². The molecule has 0 aliphatic heterocycles. The molecule has 1 rings (SSSR count). The number of ether oxygens (including phenoxy) is 2. The Morgan fingerprint density at radius 1 is 1.32 bits per heavy atom. The van der Waals surface area contributed by atoms with Crippen LogP contribution < -0.4 is 11.3 Å². The van der Waals surface area contributed by atoms with Crippen LogP contribution in [0.1, 0.15) is 19.4 Å². The van der Waals surface area contributed by atoms with Crippen molar-refractivity contribution < 1.29 is 13.9 Å². The van der Waals surface area contributed by atoms with Crippen molar-refractivity contribution >= 4 is 11.6 Å². The largest absolute Gasteiger partial charge is 0.351 e. The van der Waals surface area contributed by atoms with Gasteiger partial charge in [-0.3, -0.25) is 11.3 Å². The Morgan fingerprint density at radius 3 is 2.42 bits per heavy atom. The lowest BCUT2D eigenvalue weighted by atomic mass is 10.1. The first kappa shape index (κ1) is 16.3. The zero-order chi connectivity index (χ0) is 14.3. The molecule has 0 heterocycles. The van der Waals surface area contributed by atoms with Crippen LogP contribution in [0.3, 0.4) is 0 Å². The topological polar surface area (TPSA) is 56.5 Å². The van der Waals surface area contributed by atoms with Crippen molar-refractivity contribution in [1.82, 2.24) is 5.43 Å². The second-order valence-corrected chi connectivity index (χ2v) is 4.36. The monoisotopic (exact) mass is 290 g/mol. The van der Waals surface area contributed by atoms with E-state index in [1.807, 2.05) is 13.8 Å². The molecule has 0 saturated heterocycles. The maximum absolute atomic E-state index is 13.7. The minimum atomic E-state index is -0.546. The standard InChI is InChI=1S/C13H20ClFN2O2/c1-3-18-13(19-4-2)12(17-16)8-9-10(14)6-5-7-11(9)15/h5-7,12-13,17H,3-4,8,16H2,1-2H3. The highest BCUT2D eigenvalue weighted by Crippen LogP contribution is 2.21. The molecule has 4 nitrogen and oxygen atoms in total. The van der Waals surface area contributed by atoms with Gasteiger partial charge in [0, 0.05) is 23.8 Å². The van der Waals surface area contributed by atoms with Crippen LogP contribution in [0.2, 0.25) is 5.02 Å². The van der Waals surface area contributed by atoms with E-state index in [4.69, 9.17) is 26.9 Å². The smallest absolute Gasteiger partial charge is 0.174 e. The van der Waals surface area contributed by atoms with Crippen molar-refractivity contribution in [3.8, 4) is 0 Å². The van der Waals surface area contributed by atoms with Gasteiger partial charge in [0.15, 0.2) is 6.29 Å². The molecule has 108 valence electrons. The van der Waals surface area contributed by atoms with E-state index in [2.05, 4.69) is 5.43 Å². The van der Waals surface area contributed by atoms with Gasteiger partial charge in [0.2, 0.25) is 0 Å². The third kappa shape index (κ3) is 4.71. The van der Waals surface area contributed by atoms with E-state index < -0.39 is 6.29 Å². The summed E-state index contributed by atoms with van der Waals surface area (Å²) in [5.41, 5.74) is 3.00. The Bertz CT molecular complexity index is 367. The maximum atomic E-state index is 13.7. The van der Waals surface area contributed by atoms with Crippen molar-refractivity contribution in [2.24, 2.45) is 5.84 Å². The third-order valence-corrected chi connectivity index (χ3v) is 3.04. The van der Waals surface area contributed by atoms with Crippen LogP contribution in [0.4, 0.5) is 4.39 Å². The Kier molecular flexibility index (Phi) is 7.27. The molecule has 3 N–H and O–H groups in total. The van der Waals surface area contributed by atoms with Gasteiger partial charge in [-0.15, -0.1) is 0 Å². The van der Waals surface area contributed by atoms with Crippen molar-refractivity contribution in [3.05, 3.63) is 34.6 Å². The number of benzene rings is 1. The summed E-state index contributed by atoms with van der Waals surface area (Å²) in [4.78, 5) is 0. The molecule has 6 heteroatoms. The Balaban J connectivity index is 2.85. The van der Waals surface area contributed by atoms with Gasteiger partial charge in [0.25, 0.3) is 0 Å². The van der Waals surface area contributed by atoms with Crippen LogP contribution in [0.5, 0.6) is 0 Å². The molecule has 0 aliphatic rings. The number of hydrogen-bond donors (Lipinski definition) is 2. The summed E-state index contributed by atoms with van der Waals surface area (Å²) >= 11 is 6.00. The number of rotatable bonds is 8. The molecule has 19 heavy (non-hydrogen) atoms. The predicted molar refractivity (Wildman–Crippen MR) is 73.3 cm³/mol. The van der Waals surface area contributed by atoms with Crippen LogP contribution in [0, 0.1) is 5.82 Å². The summed E-state index contributed by atoms with van der Waals surface area (Å²) in [5.74, 6) is 5.15. The molecule has 0 radical (unpaired) electrons. The van der Waals surface area contributed by atoms with Crippen molar-refractivity contribution in [3.63, 3.8) is 0 Å². The van der Waals surface area contributed by atoms with E-state index in [-0.39, 0.29) is 18.3 Å². The summed E-state index contributed by atoms with van der Waals surface area (Å²) in [7, 11) is 0. The third-order valence-electron chi connectivity index (χ3n) is 2.69. The van der Waals surface area contributed by atoms with Gasteiger partial charge < -0.3 is 9.47 Å². The Morgan fingerprint density at radius 2 is 1.95 bits per heavy atom. The quantitative estimate of drug-likeness (QED) is 0.438. The number of halogens is 2. The second-order valence-electron chi connectivity index (χ2n) is 3.96. The second kappa shape index (κ2) is 8.45. The Hall–Kier alpha value is -0.720. The summed E-state index contributed by atoms with van der Waals surface area (Å²) in [5, 5.41) is 0.368. The molecule has 1 unspecified atom stereocenters. The summed E-state index contributed by atoms with van der Waals surface area (Å²) in [6.07, 6.45) is -0.261. The first-order valence-corrected chi connectivity index (χ1v) is 6.64. The number of nitrogens with one attached hydrogen (secondary N) is 1. The lowest BCUT2D eigenvalue weighted by Gasteiger charge is -2.26. The minimum absolute atomic E-state index is 0.284. The van der Waals surface area contributed by atoms with Gasteiger partial charge in [-0.2, -0.15) is 0 Å². The number of hydrogen-bond acceptors (Lipinski definition) is 4. The highest BCUT2D eigenvalue weighted by Gasteiger charge is 2.23. The molecule has 1 atom stereocenters. The highest BCUT2D eigenvalue weighted by atomic mass is 35.5. The fourth-order valence-corrected chi connectivity index (χ4v) is 2.03. The molecule has 0 amide bonds. The van der Waals surface area contributed by atoms with E-state index in [0.29, 0.717) is 23.8 Å². The molecule has 1 aromatic rings. The van der Waals surface area contributed by atoms with Gasteiger partial charge in [0.05, 0.1) is 6.04 Å². The predicted octanol–water partition coefficient (Wildman–Crippen LogP) is 2.25. The lowest BCUT2D eigenvalue weighted by molar-refractivity contribution is -0.153. The molecular formula is C13H20ClFN2O2. The van der Waals surface area contributed by atoms with Crippen molar-refractivity contribution in [2.75, 3.05) is 13.2 Å². The fourth-order valence-electron chi connectivity index (χ4n) is 1.79. The van der Waals surface area contributed by atoms with Crippen LogP contribution in [0.15, 0.2) is 18.2 Å². The average molecular weight is 291 g/mol. The summed E-state index contributed by atoms with van der Waals surface area (Å²) in [6, 6.07) is 4.19. The van der Waals surface area contributed by atoms with E-state index in [9.17, 15) is 4.39 Å². The molecule has 0 aromatic heterocycles. The summed E-state index contributed by atoms with van der Waals surface area (Å²) < 4.78 is 24.7. The maximum Gasteiger partial charge on any atom is 0.174 e. The first-order valence-electron chi connectivity index (χ1n) is 6.26. The molecule has 0 saturated carbocycles. The zero-order valence-electron chi connectivity index (χ0n) is 11.2. The van der Waals surface area contributed by atoms with E-state index in [0.717, 1.165) is 0 Å². The van der Waals surface area contributed by atoms with Gasteiger partial charge in [0.1, 0.15) is 5.82 Å². The van der Waals surface area contributed by atoms with Crippen LogP contribution in [0.25, 0.3) is 0 Å². The molecule has 0 spiro atoms. The molecule has 0 aliphatic carbocycles. The van der Waals surface area contributed by atoms with Crippen LogP contribution in [-0.4, -0.2) is 25.5 Å². The van der Waals surface area contributed by atoms with Gasteiger partial charge in [-0.05, 0) is 32.4 Å². The van der Waals surface area contributed by atoms with E-state index in [1.165, 1.54) is 6.07 Å². The molecular weight excluding hydrogens is 271 g/mol. The average Bonchev–Trinajstić information content (AvgIpc) is 2.38. The molecule has 1 aromatic carbocycles. The normalized spacial score (nSPS) is 12.9. The number of hydrazine groups is 1. The molecule has 0 bridgehead atoms. The molecule has 0 fully saturated rings. The SMILES string of the molecule is CCOC(OCC)C(Cc1c(F)cccc1Cl)NN. The number of nitrogens with two attached hydrogens (primary N) is 1. The van der Waals surface area contributed by atoms with E-state index >= 15 is 0 Å². The minimum Gasteiger partial charge on any atom is -0.351 e. The van der Waals surface area contributed by atoms with E-state index in [1.54, 1.807) is 12.1 Å². The lowest BCUT2D eigenvalue weighted by Crippen LogP contribution is -2.48. The summed E-state index contributed by atoms with van der Waals surface area (Å²) in [6.45, 7) is 4.67. The van der Waals surface area contributed by atoms with Gasteiger partial charge >= 0.3 is 0 Å². The van der Waals surface area contributed by atoms with Crippen molar-refractivity contribution in [1.29, 1.82) is 0 Å². The van der Waals surface area contributed by atoms with Crippen LogP contribution >= 0.6 is 11.6 Å². The zero-order valence-corrected chi connectivity index (χ0v) is 11.9. The highest BCUT2D eigenvalue weighted by molar-refractivity contribution is 6.31.